The largest absolute Gasteiger partial charge is 0.472 e. The molecule has 1 amide bonds. The zero-order chi connectivity index (χ0) is 8.85. The summed E-state index contributed by atoms with van der Waals surface area (Å²) in [5, 5.41) is 27.1. The number of hydrogen-bond acceptors (Lipinski definition) is 5. The highest BCUT2D eigenvalue weighted by atomic mass is 16.4. The van der Waals surface area contributed by atoms with Crippen LogP contribution in [0.4, 0.5) is 0 Å². The monoisotopic (exact) mass is 162 g/mol. The van der Waals surface area contributed by atoms with Crippen molar-refractivity contribution in [2.75, 3.05) is 13.1 Å². The molecular weight excluding hydrogens is 151 g/mol. The van der Waals surface area contributed by atoms with Gasteiger partial charge in [-0.15, -0.1) is 0 Å². The van der Waals surface area contributed by atoms with Crippen molar-refractivity contribution in [2.45, 2.75) is 6.04 Å². The SMILES string of the molecule is N[C@@H](CO)C(=O)NCB(O)O. The van der Waals surface area contributed by atoms with E-state index in [2.05, 4.69) is 5.32 Å². The Morgan fingerprint density at radius 2 is 2.18 bits per heavy atom. The lowest BCUT2D eigenvalue weighted by Crippen LogP contribution is -2.46. The van der Waals surface area contributed by atoms with Crippen LogP contribution in [-0.4, -0.2) is 47.3 Å². The molecule has 0 unspecified atom stereocenters. The lowest BCUT2D eigenvalue weighted by atomic mass is 9.92. The Kier molecular flexibility index (Phi) is 4.79. The van der Waals surface area contributed by atoms with E-state index in [0.29, 0.717) is 0 Å². The number of nitrogens with two attached hydrogens (primary N) is 1. The van der Waals surface area contributed by atoms with Crippen LogP contribution < -0.4 is 11.1 Å². The first kappa shape index (κ1) is 10.4. The van der Waals surface area contributed by atoms with Gasteiger partial charge in [-0.1, -0.05) is 0 Å². The van der Waals surface area contributed by atoms with Crippen molar-refractivity contribution in [3.05, 3.63) is 0 Å². The van der Waals surface area contributed by atoms with Gasteiger partial charge in [0.15, 0.2) is 0 Å². The summed E-state index contributed by atoms with van der Waals surface area (Å²) >= 11 is 0. The summed E-state index contributed by atoms with van der Waals surface area (Å²) in [6.07, 6.45) is -0.285. The third-order valence-electron chi connectivity index (χ3n) is 0.992. The number of aliphatic hydroxyl groups excluding tert-OH is 1. The van der Waals surface area contributed by atoms with Crippen molar-refractivity contribution < 1.29 is 19.9 Å². The predicted molar refractivity (Wildman–Crippen MR) is 38.3 cm³/mol. The molecule has 6 N–H and O–H groups in total. The predicted octanol–water partition coefficient (Wildman–Crippen LogP) is -3.57. The lowest BCUT2D eigenvalue weighted by Gasteiger charge is -2.07. The van der Waals surface area contributed by atoms with Crippen LogP contribution in [0, 0.1) is 0 Å². The van der Waals surface area contributed by atoms with E-state index in [1.807, 2.05) is 0 Å². The van der Waals surface area contributed by atoms with Crippen molar-refractivity contribution in [2.24, 2.45) is 5.73 Å². The molecule has 1 atom stereocenters. The van der Waals surface area contributed by atoms with Gasteiger partial charge in [-0.25, -0.2) is 0 Å². The molecule has 0 aliphatic rings. The van der Waals surface area contributed by atoms with Crippen molar-refractivity contribution >= 4 is 13.0 Å². The van der Waals surface area contributed by atoms with Crippen molar-refractivity contribution in [1.82, 2.24) is 5.32 Å². The first-order valence-electron chi connectivity index (χ1n) is 3.08. The number of aliphatic hydroxyl groups is 1. The molecule has 0 saturated carbocycles. The number of rotatable bonds is 4. The molecule has 0 aromatic rings. The molecule has 0 heterocycles. The van der Waals surface area contributed by atoms with E-state index in [9.17, 15) is 4.79 Å². The van der Waals surface area contributed by atoms with E-state index in [4.69, 9.17) is 20.9 Å². The fourth-order valence-corrected chi connectivity index (χ4v) is 0.406. The maximum absolute atomic E-state index is 10.7. The summed E-state index contributed by atoms with van der Waals surface area (Å²) in [4.78, 5) is 10.7. The van der Waals surface area contributed by atoms with Crippen LogP contribution in [-0.2, 0) is 4.79 Å². The summed E-state index contributed by atoms with van der Waals surface area (Å²) in [6.45, 7) is -0.465. The van der Waals surface area contributed by atoms with Gasteiger partial charge in [0.2, 0.25) is 5.91 Å². The molecule has 0 aliphatic carbocycles. The van der Waals surface area contributed by atoms with Gasteiger partial charge in [-0.3, -0.25) is 4.79 Å². The molecule has 0 saturated heterocycles. The molecule has 11 heavy (non-hydrogen) atoms. The van der Waals surface area contributed by atoms with Crippen LogP contribution in [0.3, 0.4) is 0 Å². The topological polar surface area (TPSA) is 116 Å². The number of amides is 1. The van der Waals surface area contributed by atoms with Gasteiger partial charge in [-0.05, 0) is 0 Å². The van der Waals surface area contributed by atoms with Crippen LogP contribution in [0.5, 0.6) is 0 Å². The van der Waals surface area contributed by atoms with E-state index in [-0.39, 0.29) is 6.44 Å². The first-order valence-corrected chi connectivity index (χ1v) is 3.08. The fraction of sp³-hybridized carbons (Fsp3) is 0.750. The average Bonchev–Trinajstić information content (AvgIpc) is 1.98. The summed E-state index contributed by atoms with van der Waals surface area (Å²) < 4.78 is 0. The quantitative estimate of drug-likeness (QED) is 0.274. The zero-order valence-corrected chi connectivity index (χ0v) is 5.90. The van der Waals surface area contributed by atoms with Crippen molar-refractivity contribution in [3.63, 3.8) is 0 Å². The Bertz CT molecular complexity index is 131. The van der Waals surface area contributed by atoms with Crippen molar-refractivity contribution in [1.29, 1.82) is 0 Å². The summed E-state index contributed by atoms with van der Waals surface area (Å²) in [5.74, 6) is -0.611. The molecule has 0 rings (SSSR count). The van der Waals surface area contributed by atoms with Gasteiger partial charge in [0.25, 0.3) is 0 Å². The van der Waals surface area contributed by atoms with Gasteiger partial charge in [-0.2, -0.15) is 0 Å². The second kappa shape index (κ2) is 5.08. The van der Waals surface area contributed by atoms with Gasteiger partial charge >= 0.3 is 7.12 Å². The van der Waals surface area contributed by atoms with Gasteiger partial charge in [0, 0.05) is 0 Å². The normalized spacial score (nSPS) is 12.4. The Hall–Kier alpha value is -0.625. The zero-order valence-electron chi connectivity index (χ0n) is 5.90. The highest BCUT2D eigenvalue weighted by molar-refractivity contribution is 6.41. The Morgan fingerprint density at radius 3 is 2.55 bits per heavy atom. The second-order valence-electron chi connectivity index (χ2n) is 2.01. The van der Waals surface area contributed by atoms with Gasteiger partial charge in [0.05, 0.1) is 13.1 Å². The average molecular weight is 162 g/mol. The smallest absolute Gasteiger partial charge is 0.426 e. The molecule has 6 nitrogen and oxygen atoms in total. The Morgan fingerprint density at radius 1 is 1.64 bits per heavy atom. The molecule has 7 heteroatoms. The highest BCUT2D eigenvalue weighted by Gasteiger charge is 2.14. The van der Waals surface area contributed by atoms with E-state index in [0.717, 1.165) is 0 Å². The molecule has 0 aromatic carbocycles. The Labute approximate surface area is 64.2 Å². The van der Waals surface area contributed by atoms with Crippen LogP contribution in [0.1, 0.15) is 0 Å². The maximum atomic E-state index is 10.7. The standard InChI is InChI=1S/C4H11BN2O4/c6-3(1-8)4(9)7-2-5(10)11/h3,8,10-11H,1-2,6H2,(H,7,9)/t3-/m0/s1. The second-order valence-corrected chi connectivity index (χ2v) is 2.01. The van der Waals surface area contributed by atoms with E-state index in [1.54, 1.807) is 0 Å². The van der Waals surface area contributed by atoms with E-state index < -0.39 is 25.7 Å². The third-order valence-corrected chi connectivity index (χ3v) is 0.992. The van der Waals surface area contributed by atoms with Crippen molar-refractivity contribution in [3.8, 4) is 0 Å². The number of carbonyl (C=O) groups excluding carboxylic acids is 1. The van der Waals surface area contributed by atoms with Gasteiger partial charge in [0.1, 0.15) is 6.04 Å². The fourth-order valence-electron chi connectivity index (χ4n) is 0.406. The van der Waals surface area contributed by atoms with Gasteiger partial charge < -0.3 is 26.2 Å². The van der Waals surface area contributed by atoms with Crippen LogP contribution in [0.15, 0.2) is 0 Å². The molecule has 64 valence electrons. The third kappa shape index (κ3) is 4.74. The van der Waals surface area contributed by atoms with E-state index >= 15 is 0 Å². The van der Waals surface area contributed by atoms with Crippen LogP contribution in [0.2, 0.25) is 0 Å². The molecule has 0 bridgehead atoms. The lowest BCUT2D eigenvalue weighted by molar-refractivity contribution is -0.122. The molecule has 0 aromatic heterocycles. The maximum Gasteiger partial charge on any atom is 0.472 e. The minimum atomic E-state index is -1.59. The Balaban J connectivity index is 3.52. The van der Waals surface area contributed by atoms with Crippen LogP contribution >= 0.6 is 0 Å². The molecule has 0 radical (unpaired) electrons. The summed E-state index contributed by atoms with van der Waals surface area (Å²) in [6, 6.07) is -1.01. The minimum absolute atomic E-state index is 0.285. The first-order chi connectivity index (χ1) is 5.07. The number of hydrogen-bond donors (Lipinski definition) is 5. The minimum Gasteiger partial charge on any atom is -0.426 e. The molecule has 0 aliphatic heterocycles. The highest BCUT2D eigenvalue weighted by Crippen LogP contribution is 1.75. The summed E-state index contributed by atoms with van der Waals surface area (Å²) in [5.41, 5.74) is 5.08. The number of nitrogens with one attached hydrogen (secondary N) is 1. The number of carbonyl (C=O) groups is 1. The summed E-state index contributed by atoms with van der Waals surface area (Å²) in [7, 11) is -1.59. The molecule has 0 fully saturated rings. The molecule has 0 spiro atoms. The van der Waals surface area contributed by atoms with E-state index in [1.165, 1.54) is 0 Å². The molecular formula is C4H11BN2O4. The van der Waals surface area contributed by atoms with Crippen LogP contribution in [0.25, 0.3) is 0 Å².